The Bertz CT molecular complexity index is 183. The van der Waals surface area contributed by atoms with Gasteiger partial charge in [-0.2, -0.15) is 0 Å². The van der Waals surface area contributed by atoms with Crippen LogP contribution < -0.4 is 5.73 Å². The average molecular weight is 185 g/mol. The van der Waals surface area contributed by atoms with Gasteiger partial charge < -0.3 is 10.8 Å². The highest BCUT2D eigenvalue weighted by Gasteiger charge is 2.31. The van der Waals surface area contributed by atoms with Gasteiger partial charge in [0.25, 0.3) is 0 Å². The third kappa shape index (κ3) is 2.69. The van der Waals surface area contributed by atoms with Gasteiger partial charge in [0.15, 0.2) is 0 Å². The van der Waals surface area contributed by atoms with Gasteiger partial charge in [-0.05, 0) is 37.0 Å². The summed E-state index contributed by atoms with van der Waals surface area (Å²) < 4.78 is 0. The van der Waals surface area contributed by atoms with Crippen molar-refractivity contribution in [1.29, 1.82) is 0 Å². The van der Waals surface area contributed by atoms with E-state index in [1.54, 1.807) is 0 Å². The molecule has 4 atom stereocenters. The van der Waals surface area contributed by atoms with Crippen LogP contribution in [0.25, 0.3) is 0 Å². The van der Waals surface area contributed by atoms with Crippen LogP contribution in [0.1, 0.15) is 33.1 Å². The first-order valence-electron chi connectivity index (χ1n) is 4.99. The number of carboxylic acid groups (broad SMARTS) is 1. The standard InChI is InChI=1S/C10H19NO2/c1-6-3-7(2)5-8(4-6)9(11)10(12)13/h6-9H,3-5,11H2,1-2H3,(H,12,13)/t6-,7+,8-,9-/m0/s1. The van der Waals surface area contributed by atoms with Crippen LogP contribution in [0.3, 0.4) is 0 Å². The number of carbonyl (C=O) groups is 1. The zero-order valence-corrected chi connectivity index (χ0v) is 8.36. The first-order valence-corrected chi connectivity index (χ1v) is 4.99. The Kier molecular flexibility index (Phi) is 3.31. The molecule has 1 saturated carbocycles. The Morgan fingerprint density at radius 2 is 1.77 bits per heavy atom. The van der Waals surface area contributed by atoms with E-state index in [0.29, 0.717) is 11.8 Å². The molecule has 0 aromatic carbocycles. The summed E-state index contributed by atoms with van der Waals surface area (Å²) >= 11 is 0. The van der Waals surface area contributed by atoms with Crippen molar-refractivity contribution in [2.24, 2.45) is 23.5 Å². The van der Waals surface area contributed by atoms with Crippen molar-refractivity contribution in [3.8, 4) is 0 Å². The van der Waals surface area contributed by atoms with Gasteiger partial charge in [-0.15, -0.1) is 0 Å². The quantitative estimate of drug-likeness (QED) is 0.684. The lowest BCUT2D eigenvalue weighted by atomic mass is 9.74. The Labute approximate surface area is 79.3 Å². The number of nitrogens with two attached hydrogens (primary N) is 1. The predicted octanol–water partition coefficient (Wildman–Crippen LogP) is 1.47. The zero-order chi connectivity index (χ0) is 10.0. The van der Waals surface area contributed by atoms with E-state index < -0.39 is 12.0 Å². The first kappa shape index (κ1) is 10.5. The highest BCUT2D eigenvalue weighted by Crippen LogP contribution is 2.34. The van der Waals surface area contributed by atoms with Gasteiger partial charge in [-0.1, -0.05) is 13.8 Å². The summed E-state index contributed by atoms with van der Waals surface area (Å²) in [6.07, 6.45) is 3.15. The number of aliphatic carboxylic acids is 1. The van der Waals surface area contributed by atoms with E-state index in [-0.39, 0.29) is 5.92 Å². The molecule has 13 heavy (non-hydrogen) atoms. The van der Waals surface area contributed by atoms with E-state index in [4.69, 9.17) is 10.8 Å². The van der Waals surface area contributed by atoms with Crippen LogP contribution in [0.15, 0.2) is 0 Å². The van der Waals surface area contributed by atoms with Crippen LogP contribution >= 0.6 is 0 Å². The Balaban J connectivity index is 2.54. The minimum atomic E-state index is -0.855. The molecule has 0 aliphatic heterocycles. The van der Waals surface area contributed by atoms with Gasteiger partial charge in [0.05, 0.1) is 0 Å². The number of carboxylic acids is 1. The van der Waals surface area contributed by atoms with Gasteiger partial charge >= 0.3 is 5.97 Å². The summed E-state index contributed by atoms with van der Waals surface area (Å²) in [5.41, 5.74) is 5.62. The third-order valence-electron chi connectivity index (χ3n) is 3.01. The van der Waals surface area contributed by atoms with E-state index in [1.807, 2.05) is 0 Å². The molecule has 76 valence electrons. The van der Waals surface area contributed by atoms with Crippen molar-refractivity contribution >= 4 is 5.97 Å². The van der Waals surface area contributed by atoms with E-state index in [2.05, 4.69) is 13.8 Å². The number of hydrogen-bond donors (Lipinski definition) is 2. The van der Waals surface area contributed by atoms with Crippen molar-refractivity contribution in [2.75, 3.05) is 0 Å². The Morgan fingerprint density at radius 1 is 1.31 bits per heavy atom. The molecule has 1 rings (SSSR count). The maximum Gasteiger partial charge on any atom is 0.320 e. The molecule has 0 unspecified atom stereocenters. The van der Waals surface area contributed by atoms with E-state index in [9.17, 15) is 4.79 Å². The largest absolute Gasteiger partial charge is 0.480 e. The second-order valence-electron chi connectivity index (χ2n) is 4.54. The first-order chi connectivity index (χ1) is 6.00. The van der Waals surface area contributed by atoms with Crippen molar-refractivity contribution in [1.82, 2.24) is 0 Å². The summed E-state index contributed by atoms with van der Waals surface area (Å²) in [5, 5.41) is 8.78. The molecule has 3 heteroatoms. The van der Waals surface area contributed by atoms with Crippen molar-refractivity contribution in [3.05, 3.63) is 0 Å². The molecule has 1 aliphatic carbocycles. The number of hydrogen-bond acceptors (Lipinski definition) is 2. The molecule has 3 N–H and O–H groups in total. The molecule has 1 aliphatic rings. The fourth-order valence-electron chi connectivity index (χ4n) is 2.50. The molecule has 1 fully saturated rings. The molecule has 0 heterocycles. The summed E-state index contributed by atoms with van der Waals surface area (Å²) in [7, 11) is 0. The SMILES string of the molecule is C[C@@H]1C[C@H](C)C[C@H]([C@H](N)C(=O)O)C1. The second-order valence-corrected chi connectivity index (χ2v) is 4.54. The van der Waals surface area contributed by atoms with Gasteiger partial charge in [0.2, 0.25) is 0 Å². The number of rotatable bonds is 2. The van der Waals surface area contributed by atoms with Crippen molar-refractivity contribution in [2.45, 2.75) is 39.2 Å². The van der Waals surface area contributed by atoms with Crippen molar-refractivity contribution in [3.63, 3.8) is 0 Å². The third-order valence-corrected chi connectivity index (χ3v) is 3.01. The summed E-state index contributed by atoms with van der Waals surface area (Å²) in [4.78, 5) is 10.7. The Morgan fingerprint density at radius 3 is 2.15 bits per heavy atom. The fraction of sp³-hybridized carbons (Fsp3) is 0.900. The minimum Gasteiger partial charge on any atom is -0.480 e. The molecule has 0 bridgehead atoms. The minimum absolute atomic E-state index is 0.177. The summed E-state index contributed by atoms with van der Waals surface area (Å²) in [5.74, 6) is 0.570. The summed E-state index contributed by atoms with van der Waals surface area (Å²) in [6.45, 7) is 4.36. The van der Waals surface area contributed by atoms with Crippen LogP contribution in [-0.2, 0) is 4.79 Å². The smallest absolute Gasteiger partial charge is 0.320 e. The Hall–Kier alpha value is -0.570. The van der Waals surface area contributed by atoms with Crippen LogP contribution in [0.5, 0.6) is 0 Å². The molecule has 0 radical (unpaired) electrons. The van der Waals surface area contributed by atoms with Gasteiger partial charge in [0.1, 0.15) is 6.04 Å². The highest BCUT2D eigenvalue weighted by atomic mass is 16.4. The van der Waals surface area contributed by atoms with Crippen LogP contribution in [0, 0.1) is 17.8 Å². The van der Waals surface area contributed by atoms with E-state index >= 15 is 0 Å². The molecule has 0 amide bonds. The zero-order valence-electron chi connectivity index (χ0n) is 8.36. The molecule has 0 aromatic rings. The maximum atomic E-state index is 10.7. The van der Waals surface area contributed by atoms with Crippen LogP contribution in [-0.4, -0.2) is 17.1 Å². The highest BCUT2D eigenvalue weighted by molar-refractivity contribution is 5.73. The lowest BCUT2D eigenvalue weighted by molar-refractivity contribution is -0.140. The van der Waals surface area contributed by atoms with E-state index in [1.165, 1.54) is 6.42 Å². The lowest BCUT2D eigenvalue weighted by Crippen LogP contribution is -2.41. The van der Waals surface area contributed by atoms with Crippen molar-refractivity contribution < 1.29 is 9.90 Å². The molecule has 0 saturated heterocycles. The lowest BCUT2D eigenvalue weighted by Gasteiger charge is -2.33. The molecule has 0 spiro atoms. The van der Waals surface area contributed by atoms with Gasteiger partial charge in [0, 0.05) is 0 Å². The van der Waals surface area contributed by atoms with Crippen LogP contribution in [0.2, 0.25) is 0 Å². The maximum absolute atomic E-state index is 10.7. The fourth-order valence-corrected chi connectivity index (χ4v) is 2.50. The summed E-state index contributed by atoms with van der Waals surface area (Å²) in [6, 6.07) is -0.662. The van der Waals surface area contributed by atoms with E-state index in [0.717, 1.165) is 12.8 Å². The monoisotopic (exact) mass is 185 g/mol. The van der Waals surface area contributed by atoms with Crippen LogP contribution in [0.4, 0.5) is 0 Å². The molecule has 3 nitrogen and oxygen atoms in total. The average Bonchev–Trinajstić information content (AvgIpc) is 2.01. The molecule has 0 aromatic heterocycles. The molecular weight excluding hydrogens is 166 g/mol. The van der Waals surface area contributed by atoms with Gasteiger partial charge in [-0.3, -0.25) is 4.79 Å². The normalized spacial score (nSPS) is 37.0. The van der Waals surface area contributed by atoms with Gasteiger partial charge in [-0.25, -0.2) is 0 Å². The molecular formula is C10H19NO2. The second kappa shape index (κ2) is 4.09. The predicted molar refractivity (Wildman–Crippen MR) is 51.3 cm³/mol. The topological polar surface area (TPSA) is 63.3 Å².